The number of carbonyl (C=O) groups excluding carboxylic acids is 1. The summed E-state index contributed by atoms with van der Waals surface area (Å²) in [5.41, 5.74) is 1.70. The maximum Gasteiger partial charge on any atom is 0.219 e. The molecule has 1 aromatic carbocycles. The number of hydrogen-bond acceptors (Lipinski definition) is 2. The molecule has 1 heterocycles. The van der Waals surface area contributed by atoms with E-state index in [4.69, 9.17) is 4.74 Å². The summed E-state index contributed by atoms with van der Waals surface area (Å²) in [6.45, 7) is 0.486. The molecule has 0 bridgehead atoms. The van der Waals surface area contributed by atoms with E-state index in [-0.39, 0.29) is 0 Å². The van der Waals surface area contributed by atoms with E-state index in [1.54, 1.807) is 12.1 Å². The lowest BCUT2D eigenvalue weighted by Crippen LogP contribution is -2.33. The van der Waals surface area contributed by atoms with Crippen molar-refractivity contribution in [3.05, 3.63) is 59.9 Å². The van der Waals surface area contributed by atoms with Crippen LogP contribution in [0.1, 0.15) is 16.1 Å². The van der Waals surface area contributed by atoms with Crippen molar-refractivity contribution in [2.24, 2.45) is 7.05 Å². The first-order valence-corrected chi connectivity index (χ1v) is 5.41. The highest BCUT2D eigenvalue weighted by Gasteiger charge is 2.05. The maximum absolute atomic E-state index is 10.6. The van der Waals surface area contributed by atoms with Crippen LogP contribution in [0, 0.1) is 0 Å². The van der Waals surface area contributed by atoms with E-state index in [0.29, 0.717) is 17.9 Å². The highest BCUT2D eigenvalue weighted by atomic mass is 16.5. The van der Waals surface area contributed by atoms with Crippen molar-refractivity contribution in [1.82, 2.24) is 0 Å². The summed E-state index contributed by atoms with van der Waals surface area (Å²) in [6, 6.07) is 13.1. The Bertz CT molecular complexity index is 523. The van der Waals surface area contributed by atoms with Crippen LogP contribution >= 0.6 is 0 Å². The fourth-order valence-corrected chi connectivity index (χ4v) is 1.54. The molecule has 0 spiro atoms. The number of pyridine rings is 1. The Labute approximate surface area is 100 Å². The van der Waals surface area contributed by atoms with Crippen molar-refractivity contribution < 1.29 is 14.1 Å². The van der Waals surface area contributed by atoms with Gasteiger partial charge < -0.3 is 4.74 Å². The van der Waals surface area contributed by atoms with Crippen molar-refractivity contribution >= 4 is 6.29 Å². The molecule has 0 saturated heterocycles. The molecule has 17 heavy (non-hydrogen) atoms. The molecule has 1 aromatic heterocycles. The lowest BCUT2D eigenvalue weighted by Gasteiger charge is -2.05. The summed E-state index contributed by atoms with van der Waals surface area (Å²) in [5.74, 6) is 0.707. The monoisotopic (exact) mass is 228 g/mol. The van der Waals surface area contributed by atoms with Crippen molar-refractivity contribution in [3.8, 4) is 5.75 Å². The van der Waals surface area contributed by atoms with Crippen molar-refractivity contribution in [2.45, 2.75) is 6.61 Å². The Morgan fingerprint density at radius 2 is 2.12 bits per heavy atom. The lowest BCUT2D eigenvalue weighted by molar-refractivity contribution is -0.680. The first kappa shape index (κ1) is 11.3. The second-order valence-electron chi connectivity index (χ2n) is 3.78. The number of aryl methyl sites for hydroxylation is 1. The summed E-state index contributed by atoms with van der Waals surface area (Å²) in [7, 11) is 1.97. The van der Waals surface area contributed by atoms with Crippen LogP contribution in [-0.4, -0.2) is 6.29 Å². The third-order valence-corrected chi connectivity index (χ3v) is 2.54. The molecule has 86 valence electrons. The Balaban J connectivity index is 2.07. The largest absolute Gasteiger partial charge is 0.483 e. The molecule has 0 unspecified atom stereocenters. The Morgan fingerprint density at radius 1 is 1.24 bits per heavy atom. The number of aldehydes is 1. The van der Waals surface area contributed by atoms with Gasteiger partial charge in [0, 0.05) is 17.7 Å². The van der Waals surface area contributed by atoms with Crippen molar-refractivity contribution in [2.75, 3.05) is 0 Å². The third-order valence-electron chi connectivity index (χ3n) is 2.54. The zero-order chi connectivity index (χ0) is 12.1. The van der Waals surface area contributed by atoms with Crippen LogP contribution in [0.3, 0.4) is 0 Å². The van der Waals surface area contributed by atoms with Gasteiger partial charge in [-0.3, -0.25) is 4.79 Å². The van der Waals surface area contributed by atoms with Crippen LogP contribution in [0.15, 0.2) is 48.7 Å². The molecule has 0 amide bonds. The Morgan fingerprint density at radius 3 is 2.88 bits per heavy atom. The standard InChI is InChI=1S/C14H14NO2/c1-15-8-3-2-6-13(15)11-17-14-7-4-5-12(9-14)10-16/h2-10H,11H2,1H3/q+1. The van der Waals surface area contributed by atoms with Crippen LogP contribution in [0.2, 0.25) is 0 Å². The van der Waals surface area contributed by atoms with Crippen LogP contribution in [0.5, 0.6) is 5.75 Å². The summed E-state index contributed by atoms with van der Waals surface area (Å²) in [5, 5.41) is 0. The molecule has 0 saturated carbocycles. The number of ether oxygens (including phenoxy) is 1. The normalized spacial score (nSPS) is 9.94. The smallest absolute Gasteiger partial charge is 0.219 e. The molecular weight excluding hydrogens is 214 g/mol. The maximum atomic E-state index is 10.6. The number of benzene rings is 1. The van der Waals surface area contributed by atoms with E-state index < -0.39 is 0 Å². The molecule has 0 N–H and O–H groups in total. The lowest BCUT2D eigenvalue weighted by atomic mass is 10.2. The Kier molecular flexibility index (Phi) is 3.50. The predicted octanol–water partition coefficient (Wildman–Crippen LogP) is 1.90. The van der Waals surface area contributed by atoms with Crippen molar-refractivity contribution in [3.63, 3.8) is 0 Å². The van der Waals surface area contributed by atoms with Gasteiger partial charge >= 0.3 is 0 Å². The molecule has 0 aliphatic rings. The molecule has 0 aliphatic heterocycles. The minimum absolute atomic E-state index is 0.486. The fraction of sp³-hybridized carbons (Fsp3) is 0.143. The van der Waals surface area contributed by atoms with Gasteiger partial charge in [0.1, 0.15) is 19.1 Å². The van der Waals surface area contributed by atoms with Crippen LogP contribution < -0.4 is 9.30 Å². The molecule has 0 fully saturated rings. The zero-order valence-electron chi connectivity index (χ0n) is 9.67. The highest BCUT2D eigenvalue weighted by Crippen LogP contribution is 2.13. The number of carbonyl (C=O) groups is 1. The zero-order valence-corrected chi connectivity index (χ0v) is 9.67. The first-order valence-electron chi connectivity index (χ1n) is 5.41. The number of hydrogen-bond donors (Lipinski definition) is 0. The van der Waals surface area contributed by atoms with E-state index in [1.807, 2.05) is 48.1 Å². The van der Waals surface area contributed by atoms with Crippen LogP contribution in [-0.2, 0) is 13.7 Å². The van der Waals surface area contributed by atoms with Crippen molar-refractivity contribution in [1.29, 1.82) is 0 Å². The van der Waals surface area contributed by atoms with E-state index in [2.05, 4.69) is 0 Å². The first-order chi connectivity index (χ1) is 8.29. The van der Waals surface area contributed by atoms with E-state index in [9.17, 15) is 4.79 Å². The van der Waals surface area contributed by atoms with Crippen LogP contribution in [0.4, 0.5) is 0 Å². The summed E-state index contributed by atoms with van der Waals surface area (Å²) in [6.07, 6.45) is 2.79. The van der Waals surface area contributed by atoms with E-state index in [0.717, 1.165) is 12.0 Å². The SMILES string of the molecule is C[n+]1ccccc1COc1cccc(C=O)c1. The molecule has 2 aromatic rings. The second kappa shape index (κ2) is 5.25. The average molecular weight is 228 g/mol. The van der Waals surface area contributed by atoms with Crippen LogP contribution in [0.25, 0.3) is 0 Å². The van der Waals surface area contributed by atoms with E-state index >= 15 is 0 Å². The topological polar surface area (TPSA) is 30.2 Å². The molecule has 3 nitrogen and oxygen atoms in total. The van der Waals surface area contributed by atoms with Gasteiger partial charge in [0.15, 0.2) is 12.8 Å². The number of aromatic nitrogens is 1. The van der Waals surface area contributed by atoms with Gasteiger partial charge in [0.05, 0.1) is 0 Å². The molecule has 0 aliphatic carbocycles. The van der Waals surface area contributed by atoms with Gasteiger partial charge in [0.25, 0.3) is 0 Å². The average Bonchev–Trinajstić information content (AvgIpc) is 2.38. The number of nitrogens with zero attached hydrogens (tertiary/aromatic N) is 1. The Hall–Kier alpha value is -2.16. The van der Waals surface area contributed by atoms with Gasteiger partial charge in [-0.1, -0.05) is 12.1 Å². The minimum atomic E-state index is 0.486. The van der Waals surface area contributed by atoms with Gasteiger partial charge in [-0.05, 0) is 18.2 Å². The molecule has 2 rings (SSSR count). The summed E-state index contributed by atoms with van der Waals surface area (Å²) in [4.78, 5) is 10.6. The van der Waals surface area contributed by atoms with Gasteiger partial charge in [-0.2, -0.15) is 0 Å². The molecule has 3 heteroatoms. The molecule has 0 atom stereocenters. The highest BCUT2D eigenvalue weighted by molar-refractivity contribution is 5.75. The van der Waals surface area contributed by atoms with Gasteiger partial charge in [-0.15, -0.1) is 0 Å². The third kappa shape index (κ3) is 2.91. The summed E-state index contributed by atoms with van der Waals surface area (Å²) >= 11 is 0. The quantitative estimate of drug-likeness (QED) is 0.591. The summed E-state index contributed by atoms with van der Waals surface area (Å²) < 4.78 is 7.64. The van der Waals surface area contributed by atoms with Gasteiger partial charge in [0.2, 0.25) is 5.69 Å². The molecular formula is C14H14NO2+. The van der Waals surface area contributed by atoms with Gasteiger partial charge in [-0.25, -0.2) is 4.57 Å². The van der Waals surface area contributed by atoms with E-state index in [1.165, 1.54) is 0 Å². The molecule has 0 radical (unpaired) electrons. The predicted molar refractivity (Wildman–Crippen MR) is 63.8 cm³/mol. The fourth-order valence-electron chi connectivity index (χ4n) is 1.54. The second-order valence-corrected chi connectivity index (χ2v) is 3.78. The number of rotatable bonds is 4. The minimum Gasteiger partial charge on any atom is -0.483 e.